The van der Waals surface area contributed by atoms with Gasteiger partial charge in [0.1, 0.15) is 0 Å². The van der Waals surface area contributed by atoms with Gasteiger partial charge < -0.3 is 10.2 Å². The average Bonchev–Trinajstić information content (AvgIpc) is 2.48. The molecule has 0 bridgehead atoms. The van der Waals surface area contributed by atoms with Gasteiger partial charge in [0.05, 0.1) is 33.6 Å². The molecule has 0 radical (unpaired) electrons. The number of benzene rings is 2. The fourth-order valence-electron chi connectivity index (χ4n) is 2.15. The van der Waals surface area contributed by atoms with E-state index < -0.39 is 0 Å². The van der Waals surface area contributed by atoms with E-state index in [-0.39, 0.29) is 5.91 Å². The van der Waals surface area contributed by atoms with Crippen molar-refractivity contribution in [2.75, 3.05) is 27.2 Å². The first-order valence-corrected chi connectivity index (χ1v) is 7.35. The van der Waals surface area contributed by atoms with E-state index in [2.05, 4.69) is 43.7 Å². The number of amides is 1. The van der Waals surface area contributed by atoms with Crippen LogP contribution in [-0.4, -0.2) is 33.1 Å². The second kappa shape index (κ2) is 7.60. The summed E-state index contributed by atoms with van der Waals surface area (Å²) in [5.41, 5.74) is 3.42. The quantitative estimate of drug-likeness (QED) is 0.819. The lowest BCUT2D eigenvalue weighted by Gasteiger charge is -2.09. The number of nitrogens with one attached hydrogen (secondary N) is 2. The van der Waals surface area contributed by atoms with Crippen LogP contribution in [0.15, 0.2) is 54.6 Å². The molecule has 3 heteroatoms. The Morgan fingerprint density at radius 1 is 0.952 bits per heavy atom. The molecule has 3 nitrogen and oxygen atoms in total. The number of rotatable bonds is 6. The summed E-state index contributed by atoms with van der Waals surface area (Å²) in [6, 6.07) is 18.4. The number of hydrogen-bond donors (Lipinski definition) is 2. The lowest BCUT2D eigenvalue weighted by molar-refractivity contribution is -0.856. The highest BCUT2D eigenvalue weighted by atomic mass is 16.1. The summed E-state index contributed by atoms with van der Waals surface area (Å²) in [6.07, 6.45) is 0.442. The summed E-state index contributed by atoms with van der Waals surface area (Å²) in [7, 11) is 4.16. The van der Waals surface area contributed by atoms with Gasteiger partial charge in [0.25, 0.3) is 0 Å². The van der Waals surface area contributed by atoms with E-state index in [4.69, 9.17) is 0 Å². The summed E-state index contributed by atoms with van der Waals surface area (Å²) in [6.45, 7) is 1.67. The molecular weight excluding hydrogens is 260 g/mol. The van der Waals surface area contributed by atoms with Crippen molar-refractivity contribution in [3.63, 3.8) is 0 Å². The lowest BCUT2D eigenvalue weighted by Crippen LogP contribution is -3.06. The topological polar surface area (TPSA) is 33.5 Å². The predicted octanol–water partition coefficient (Wildman–Crippen LogP) is 1.16. The van der Waals surface area contributed by atoms with Crippen LogP contribution in [0.25, 0.3) is 11.1 Å². The molecule has 0 saturated carbocycles. The minimum atomic E-state index is 0.0868. The van der Waals surface area contributed by atoms with Gasteiger partial charge in [-0.15, -0.1) is 0 Å². The molecule has 0 aliphatic heterocycles. The fourth-order valence-corrected chi connectivity index (χ4v) is 2.15. The van der Waals surface area contributed by atoms with Gasteiger partial charge >= 0.3 is 0 Å². The lowest BCUT2D eigenvalue weighted by atomic mass is 10.0. The smallest absolute Gasteiger partial charge is 0.224 e. The van der Waals surface area contributed by atoms with Crippen LogP contribution >= 0.6 is 0 Å². The number of quaternary nitrogens is 1. The molecule has 0 aliphatic carbocycles. The molecule has 2 aromatic rings. The third-order valence-electron chi connectivity index (χ3n) is 3.37. The predicted molar refractivity (Wildman–Crippen MR) is 86.3 cm³/mol. The van der Waals surface area contributed by atoms with Gasteiger partial charge in [0.15, 0.2) is 0 Å². The van der Waals surface area contributed by atoms with Crippen molar-refractivity contribution in [1.29, 1.82) is 0 Å². The summed E-state index contributed by atoms with van der Waals surface area (Å²) in [5, 5.41) is 2.95. The zero-order valence-electron chi connectivity index (χ0n) is 12.7. The molecular formula is C18H23N2O+. The number of hydrogen-bond acceptors (Lipinski definition) is 1. The highest BCUT2D eigenvalue weighted by Gasteiger charge is 2.04. The van der Waals surface area contributed by atoms with Gasteiger partial charge in [-0.1, -0.05) is 54.6 Å². The van der Waals surface area contributed by atoms with Crippen LogP contribution in [0.3, 0.4) is 0 Å². The first-order valence-electron chi connectivity index (χ1n) is 7.35. The molecule has 1 amide bonds. The molecule has 0 atom stereocenters. The number of carbonyl (C=O) groups is 1. The zero-order chi connectivity index (χ0) is 15.1. The van der Waals surface area contributed by atoms with Crippen LogP contribution in [0.4, 0.5) is 0 Å². The van der Waals surface area contributed by atoms with Crippen molar-refractivity contribution in [3.8, 4) is 11.1 Å². The maximum absolute atomic E-state index is 11.8. The van der Waals surface area contributed by atoms with Crippen molar-refractivity contribution in [1.82, 2.24) is 5.32 Å². The normalized spacial score (nSPS) is 10.6. The Kier molecular flexibility index (Phi) is 5.52. The molecule has 0 saturated heterocycles. The van der Waals surface area contributed by atoms with Gasteiger partial charge in [0.2, 0.25) is 5.91 Å². The van der Waals surface area contributed by atoms with Crippen LogP contribution in [0, 0.1) is 0 Å². The first kappa shape index (κ1) is 15.3. The minimum Gasteiger partial charge on any atom is -0.350 e. The largest absolute Gasteiger partial charge is 0.350 e. The van der Waals surface area contributed by atoms with Gasteiger partial charge in [-0.3, -0.25) is 4.79 Å². The van der Waals surface area contributed by atoms with Crippen molar-refractivity contribution in [2.45, 2.75) is 6.42 Å². The summed E-state index contributed by atoms with van der Waals surface area (Å²) >= 11 is 0. The van der Waals surface area contributed by atoms with E-state index in [1.54, 1.807) is 0 Å². The minimum absolute atomic E-state index is 0.0868. The molecule has 21 heavy (non-hydrogen) atoms. The third-order valence-corrected chi connectivity index (χ3v) is 3.37. The van der Waals surface area contributed by atoms with Crippen LogP contribution in [0.1, 0.15) is 5.56 Å². The molecule has 2 aromatic carbocycles. The highest BCUT2D eigenvalue weighted by Crippen LogP contribution is 2.19. The monoisotopic (exact) mass is 283 g/mol. The highest BCUT2D eigenvalue weighted by molar-refractivity contribution is 5.78. The van der Waals surface area contributed by atoms with E-state index in [0.717, 1.165) is 18.7 Å². The van der Waals surface area contributed by atoms with E-state index in [9.17, 15) is 4.79 Å². The Morgan fingerprint density at radius 3 is 2.19 bits per heavy atom. The second-order valence-corrected chi connectivity index (χ2v) is 5.55. The average molecular weight is 283 g/mol. The first-order chi connectivity index (χ1) is 10.1. The van der Waals surface area contributed by atoms with Crippen LogP contribution in [-0.2, 0) is 11.2 Å². The van der Waals surface area contributed by atoms with Crippen LogP contribution in [0.2, 0.25) is 0 Å². The van der Waals surface area contributed by atoms with Crippen molar-refractivity contribution in [3.05, 3.63) is 60.2 Å². The van der Waals surface area contributed by atoms with Crippen molar-refractivity contribution >= 4 is 5.91 Å². The second-order valence-electron chi connectivity index (χ2n) is 5.55. The van der Waals surface area contributed by atoms with Crippen molar-refractivity contribution in [2.24, 2.45) is 0 Å². The summed E-state index contributed by atoms with van der Waals surface area (Å²) < 4.78 is 0. The van der Waals surface area contributed by atoms with Gasteiger partial charge in [-0.05, 0) is 16.7 Å². The van der Waals surface area contributed by atoms with Gasteiger partial charge in [-0.25, -0.2) is 0 Å². The summed E-state index contributed by atoms with van der Waals surface area (Å²) in [5.74, 6) is 0.0868. The Balaban J connectivity index is 1.89. The van der Waals surface area contributed by atoms with Crippen LogP contribution in [0.5, 0.6) is 0 Å². The van der Waals surface area contributed by atoms with Gasteiger partial charge in [0, 0.05) is 0 Å². The number of likely N-dealkylation sites (N-methyl/N-ethyl adjacent to an activating group) is 1. The zero-order valence-corrected chi connectivity index (χ0v) is 12.7. The van der Waals surface area contributed by atoms with E-state index >= 15 is 0 Å². The maximum atomic E-state index is 11.8. The number of carbonyl (C=O) groups excluding carboxylic acids is 1. The Labute approximate surface area is 126 Å². The van der Waals surface area contributed by atoms with Crippen LogP contribution < -0.4 is 10.2 Å². The standard InChI is InChI=1S/C18H22N2O/c1-20(2)13-12-19-18(21)14-15-8-10-17(11-9-15)16-6-4-3-5-7-16/h3-11H,12-14H2,1-2H3,(H,19,21)/p+1. The van der Waals surface area contributed by atoms with E-state index in [1.165, 1.54) is 16.0 Å². The molecule has 2 N–H and O–H groups in total. The fraction of sp³-hybridized carbons (Fsp3) is 0.278. The Morgan fingerprint density at radius 2 is 1.57 bits per heavy atom. The SMILES string of the molecule is C[NH+](C)CCNC(=O)Cc1ccc(-c2ccccc2)cc1. The Bertz CT molecular complexity index is 562. The van der Waals surface area contributed by atoms with E-state index in [1.807, 2.05) is 30.3 Å². The molecule has 0 spiro atoms. The Hall–Kier alpha value is -2.13. The molecule has 2 rings (SSSR count). The maximum Gasteiger partial charge on any atom is 0.224 e. The molecule has 0 aliphatic rings. The molecule has 0 fully saturated rings. The third kappa shape index (κ3) is 5.04. The van der Waals surface area contributed by atoms with E-state index in [0.29, 0.717) is 6.42 Å². The van der Waals surface area contributed by atoms with Gasteiger partial charge in [-0.2, -0.15) is 0 Å². The molecule has 0 heterocycles. The molecule has 0 unspecified atom stereocenters. The van der Waals surface area contributed by atoms with Crippen molar-refractivity contribution < 1.29 is 9.69 Å². The molecule has 110 valence electrons. The molecule has 0 aromatic heterocycles. The summed E-state index contributed by atoms with van der Waals surface area (Å²) in [4.78, 5) is 13.2.